The average Bonchev–Trinajstić information content (AvgIpc) is 3.88. The van der Waals surface area contributed by atoms with Crippen molar-refractivity contribution in [3.05, 3.63) is 156 Å². The molecule has 0 amide bonds. The lowest BCUT2D eigenvalue weighted by Gasteiger charge is -2.07. The van der Waals surface area contributed by atoms with Gasteiger partial charge >= 0.3 is 0 Å². The molecule has 6 aromatic heterocycles. The lowest BCUT2D eigenvalue weighted by molar-refractivity contribution is 0.564. The van der Waals surface area contributed by atoms with Gasteiger partial charge in [0.15, 0.2) is 27.2 Å². The molecule has 0 aliphatic carbocycles. The van der Waals surface area contributed by atoms with E-state index in [0.717, 1.165) is 14.9 Å². The molecule has 0 aliphatic rings. The fourth-order valence-electron chi connectivity index (χ4n) is 5.10. The Morgan fingerprint density at radius 2 is 1.00 bits per heavy atom. The van der Waals surface area contributed by atoms with Gasteiger partial charge in [0, 0.05) is 79.7 Å². The molecule has 0 atom stereocenters. The first-order valence-corrected chi connectivity index (χ1v) is 17.5. The Morgan fingerprint density at radius 1 is 0.596 bits per heavy atom. The van der Waals surface area contributed by atoms with E-state index in [9.17, 15) is 17.6 Å². The van der Waals surface area contributed by atoms with Crippen LogP contribution >= 0.6 is 47.8 Å². The number of imidazole rings is 3. The minimum atomic E-state index is -0.596. The summed E-state index contributed by atoms with van der Waals surface area (Å²) < 4.78 is 61.9. The van der Waals surface area contributed by atoms with Crippen LogP contribution in [0, 0.1) is 48.4 Å². The first kappa shape index (κ1) is 36.7. The highest BCUT2D eigenvalue weighted by Crippen LogP contribution is 2.21. The van der Waals surface area contributed by atoms with Crippen LogP contribution in [-0.2, 0) is 12.8 Å². The summed E-state index contributed by atoms with van der Waals surface area (Å²) in [6.45, 7) is 2.80. The molecule has 0 saturated carbocycles. The van der Waals surface area contributed by atoms with E-state index in [0.29, 0.717) is 44.8 Å². The second kappa shape index (κ2) is 15.7. The lowest BCUT2D eigenvalue weighted by atomic mass is 10.1. The highest BCUT2D eigenvalue weighted by atomic mass is 79.9. The van der Waals surface area contributed by atoms with Crippen LogP contribution in [0.2, 0.25) is 0 Å². The second-order valence-electron chi connectivity index (χ2n) is 11.2. The molecule has 0 saturated heterocycles. The maximum absolute atomic E-state index is 13.6. The van der Waals surface area contributed by atoms with Crippen molar-refractivity contribution in [3.63, 3.8) is 0 Å². The van der Waals surface area contributed by atoms with Gasteiger partial charge in [0.25, 0.3) is 0 Å². The summed E-state index contributed by atoms with van der Waals surface area (Å²) in [4.78, 5) is 25.1. The molecule has 0 radical (unpaired) electrons. The summed E-state index contributed by atoms with van der Waals surface area (Å²) in [5.41, 5.74) is 4.45. The second-order valence-corrected chi connectivity index (χ2v) is 13.6. The number of hydrogen-bond donors (Lipinski definition) is 0. The number of benzene rings is 2. The maximum Gasteiger partial charge on any atom is 0.170 e. The van der Waals surface area contributed by atoms with Crippen LogP contribution in [0.3, 0.4) is 0 Å². The summed E-state index contributed by atoms with van der Waals surface area (Å²) in [6, 6.07) is 7.18. The number of halogens is 7. The monoisotopic (exact) mass is 896 g/mol. The van der Waals surface area contributed by atoms with Gasteiger partial charge in [0.1, 0.15) is 38.5 Å². The highest BCUT2D eigenvalue weighted by Gasteiger charge is 2.13. The third kappa shape index (κ3) is 8.19. The molecule has 8 rings (SSSR count). The zero-order chi connectivity index (χ0) is 37.1. The van der Waals surface area contributed by atoms with Crippen molar-refractivity contribution in [1.29, 1.82) is 5.26 Å². The summed E-state index contributed by atoms with van der Waals surface area (Å²) in [5.74, 6) is -2.29. The van der Waals surface area contributed by atoms with Crippen molar-refractivity contribution in [2.75, 3.05) is 0 Å². The predicted octanol–water partition coefficient (Wildman–Crippen LogP) is 8.70. The van der Waals surface area contributed by atoms with E-state index < -0.39 is 23.3 Å². The summed E-state index contributed by atoms with van der Waals surface area (Å²) in [6.07, 6.45) is 16.0. The number of nitriles is 1. The molecular weight excluding hydrogens is 876 g/mol. The van der Waals surface area contributed by atoms with E-state index in [1.807, 2.05) is 27.3 Å². The maximum atomic E-state index is 13.6. The van der Waals surface area contributed by atoms with Crippen LogP contribution in [0.15, 0.2) is 93.8 Å². The average molecular weight is 899 g/mol. The Hall–Kier alpha value is -5.05. The lowest BCUT2D eigenvalue weighted by Crippen LogP contribution is -2.02. The third-order valence-corrected chi connectivity index (χ3v) is 9.00. The first-order chi connectivity index (χ1) is 24.9. The normalized spacial score (nSPS) is 10.9. The van der Waals surface area contributed by atoms with E-state index in [4.69, 9.17) is 5.26 Å². The Balaban J connectivity index is 0.000000140. The topological polar surface area (TPSA) is 114 Å². The SMILES string of the molecule is Brc1cn2ccnc2c(Br)n1.Cc1c(F)cc(Cc2nc(Br)cn3ccnc23)cc1F.Cc1c(F)cc(Cc2nc(C#N)cn3ccnc23)cc1F. The zero-order valence-electron chi connectivity index (χ0n) is 27.0. The van der Waals surface area contributed by atoms with Crippen LogP contribution in [0.5, 0.6) is 0 Å². The molecule has 0 N–H and O–H groups in total. The fourth-order valence-corrected chi connectivity index (χ4v) is 6.67. The van der Waals surface area contributed by atoms with E-state index in [1.54, 1.807) is 47.8 Å². The summed E-state index contributed by atoms with van der Waals surface area (Å²) in [5, 5.41) is 8.98. The van der Waals surface area contributed by atoms with Gasteiger partial charge in [-0.25, -0.2) is 47.5 Å². The van der Waals surface area contributed by atoms with Crippen molar-refractivity contribution >= 4 is 64.7 Å². The van der Waals surface area contributed by atoms with Gasteiger partial charge in [-0.2, -0.15) is 5.26 Å². The summed E-state index contributed by atoms with van der Waals surface area (Å²) in [7, 11) is 0. The predicted molar refractivity (Wildman–Crippen MR) is 195 cm³/mol. The minimum absolute atomic E-state index is 0.0107. The molecule has 17 heteroatoms. The molecule has 0 bridgehead atoms. The fraction of sp³-hybridized carbons (Fsp3) is 0.114. The van der Waals surface area contributed by atoms with Crippen LogP contribution in [0.1, 0.15) is 39.3 Å². The van der Waals surface area contributed by atoms with Crippen molar-refractivity contribution in [3.8, 4) is 6.07 Å². The van der Waals surface area contributed by atoms with Crippen LogP contribution in [0.25, 0.3) is 16.9 Å². The minimum Gasteiger partial charge on any atom is -0.303 e. The highest BCUT2D eigenvalue weighted by molar-refractivity contribution is 9.11. The van der Waals surface area contributed by atoms with Gasteiger partial charge in [-0.1, -0.05) is 0 Å². The van der Waals surface area contributed by atoms with Crippen LogP contribution in [-0.4, -0.2) is 43.1 Å². The van der Waals surface area contributed by atoms with Gasteiger partial charge in [0.05, 0.1) is 11.4 Å². The van der Waals surface area contributed by atoms with Crippen molar-refractivity contribution in [2.24, 2.45) is 0 Å². The number of nitrogens with zero attached hydrogens (tertiary/aromatic N) is 10. The molecule has 0 unspecified atom stereocenters. The number of rotatable bonds is 4. The van der Waals surface area contributed by atoms with Gasteiger partial charge < -0.3 is 13.2 Å². The largest absolute Gasteiger partial charge is 0.303 e. The van der Waals surface area contributed by atoms with Gasteiger partial charge in [-0.3, -0.25) is 0 Å². The zero-order valence-corrected chi connectivity index (χ0v) is 31.8. The van der Waals surface area contributed by atoms with Gasteiger partial charge in [0.2, 0.25) is 0 Å². The molecule has 10 nitrogen and oxygen atoms in total. The number of hydrogen-bond acceptors (Lipinski definition) is 7. The molecule has 0 spiro atoms. The molecular formula is C35H23Br3F4N10. The molecule has 8 aromatic rings. The van der Waals surface area contributed by atoms with Crippen molar-refractivity contribution in [1.82, 2.24) is 43.1 Å². The molecule has 2 aromatic carbocycles. The van der Waals surface area contributed by atoms with E-state index >= 15 is 0 Å². The van der Waals surface area contributed by atoms with Crippen LogP contribution in [0.4, 0.5) is 17.6 Å². The number of aromatic nitrogens is 9. The smallest absolute Gasteiger partial charge is 0.170 e. The molecule has 6 heterocycles. The standard InChI is InChI=1S/C15H10F2N4.C14H10BrF2N3.C6H3Br2N3/c1-9-12(16)4-10(5-13(9)17)6-14-15-19-2-3-21(15)8-11(7-18)20-14;1-8-10(16)4-9(5-11(8)17)6-12-14-18-2-3-20(14)7-13(15)19-12;7-4-3-11-2-1-9-6(11)5(8)10-4/h2-5,8H,6H2,1H3;2-5,7H,6H2,1H3;1-3H. The quantitative estimate of drug-likeness (QED) is 0.163. The van der Waals surface area contributed by atoms with E-state index in [2.05, 4.69) is 77.7 Å². The Morgan fingerprint density at radius 3 is 1.48 bits per heavy atom. The van der Waals surface area contributed by atoms with Gasteiger partial charge in [-0.15, -0.1) is 0 Å². The molecule has 0 aliphatic heterocycles. The van der Waals surface area contributed by atoms with E-state index in [1.165, 1.54) is 38.1 Å². The summed E-state index contributed by atoms with van der Waals surface area (Å²) >= 11 is 9.89. The molecule has 0 fully saturated rings. The van der Waals surface area contributed by atoms with Crippen LogP contribution < -0.4 is 0 Å². The van der Waals surface area contributed by atoms with Gasteiger partial charge in [-0.05, 0) is 97.0 Å². The molecule has 262 valence electrons. The Labute approximate surface area is 318 Å². The van der Waals surface area contributed by atoms with Crippen molar-refractivity contribution < 1.29 is 17.6 Å². The number of fused-ring (bicyclic) bond motifs is 3. The Kier molecular flexibility index (Phi) is 11.1. The first-order valence-electron chi connectivity index (χ1n) is 15.1. The Bertz CT molecular complexity index is 2580. The third-order valence-electron chi connectivity index (χ3n) is 7.70. The van der Waals surface area contributed by atoms with E-state index in [-0.39, 0.29) is 23.2 Å². The molecule has 52 heavy (non-hydrogen) atoms. The van der Waals surface area contributed by atoms with Crippen molar-refractivity contribution in [2.45, 2.75) is 26.7 Å².